The number of carbonyl (C=O) groups excluding carboxylic acids is 1. The average molecular weight is 304 g/mol. The molecule has 0 unspecified atom stereocenters. The van der Waals surface area contributed by atoms with Gasteiger partial charge in [0.1, 0.15) is 5.82 Å². The van der Waals surface area contributed by atoms with Crippen molar-refractivity contribution in [2.75, 3.05) is 11.9 Å². The molecule has 1 aliphatic rings. The molecule has 1 aromatic carbocycles. The van der Waals surface area contributed by atoms with Crippen molar-refractivity contribution >= 4 is 22.9 Å². The Kier molecular flexibility index (Phi) is 4.31. The third-order valence-electron chi connectivity index (χ3n) is 3.53. The second kappa shape index (κ2) is 6.37. The van der Waals surface area contributed by atoms with Crippen molar-refractivity contribution in [1.82, 2.24) is 5.32 Å². The Morgan fingerprint density at radius 2 is 2.14 bits per heavy atom. The van der Waals surface area contributed by atoms with Crippen LogP contribution in [0.15, 0.2) is 30.3 Å². The molecule has 1 aromatic heterocycles. The summed E-state index contributed by atoms with van der Waals surface area (Å²) in [6.07, 6.45) is 3.63. The van der Waals surface area contributed by atoms with Crippen LogP contribution in [0.5, 0.6) is 0 Å². The average Bonchev–Trinajstić information content (AvgIpc) is 3.02. The predicted molar refractivity (Wildman–Crippen MR) is 83.1 cm³/mol. The lowest BCUT2D eigenvalue weighted by molar-refractivity contribution is -0.115. The van der Waals surface area contributed by atoms with Crippen molar-refractivity contribution in [3.05, 3.63) is 51.5 Å². The highest BCUT2D eigenvalue weighted by Crippen LogP contribution is 2.30. The van der Waals surface area contributed by atoms with Crippen molar-refractivity contribution in [3.63, 3.8) is 0 Å². The standard InChI is InChI=1S/C16H17FN2OS/c17-13-5-1-2-6-14(13)19-16(20)10-18-9-12-8-11-4-3-7-15(11)21-12/h1-2,5-6,8,18H,3-4,7,9-10H2,(H,19,20). The molecule has 110 valence electrons. The fourth-order valence-electron chi connectivity index (χ4n) is 2.53. The van der Waals surface area contributed by atoms with E-state index in [9.17, 15) is 9.18 Å². The molecule has 0 atom stereocenters. The maximum absolute atomic E-state index is 13.4. The van der Waals surface area contributed by atoms with Crippen molar-refractivity contribution < 1.29 is 9.18 Å². The van der Waals surface area contributed by atoms with Gasteiger partial charge in [0.25, 0.3) is 0 Å². The Morgan fingerprint density at radius 3 is 2.95 bits per heavy atom. The summed E-state index contributed by atoms with van der Waals surface area (Å²) in [5.41, 5.74) is 1.69. The fraction of sp³-hybridized carbons (Fsp3) is 0.312. The van der Waals surface area contributed by atoms with Gasteiger partial charge < -0.3 is 10.6 Å². The number of halogens is 1. The van der Waals surface area contributed by atoms with E-state index < -0.39 is 5.82 Å². The number of amides is 1. The molecule has 0 bridgehead atoms. The number of hydrogen-bond donors (Lipinski definition) is 2. The molecule has 21 heavy (non-hydrogen) atoms. The molecular weight excluding hydrogens is 287 g/mol. The van der Waals surface area contributed by atoms with E-state index in [0.717, 1.165) is 0 Å². The lowest BCUT2D eigenvalue weighted by Gasteiger charge is -2.06. The summed E-state index contributed by atoms with van der Waals surface area (Å²) in [5.74, 6) is -0.648. The summed E-state index contributed by atoms with van der Waals surface area (Å²) < 4.78 is 13.4. The molecule has 5 heteroatoms. The molecular formula is C16H17FN2OS. The van der Waals surface area contributed by atoms with Gasteiger partial charge in [-0.3, -0.25) is 4.79 Å². The van der Waals surface area contributed by atoms with Gasteiger partial charge in [-0.2, -0.15) is 0 Å². The number of hydrogen-bond acceptors (Lipinski definition) is 3. The predicted octanol–water partition coefficient (Wildman–Crippen LogP) is 3.10. The maximum Gasteiger partial charge on any atom is 0.238 e. The van der Waals surface area contributed by atoms with Gasteiger partial charge in [0.2, 0.25) is 5.91 Å². The fourth-order valence-corrected chi connectivity index (χ4v) is 3.76. The number of para-hydroxylation sites is 1. The van der Waals surface area contributed by atoms with Gasteiger partial charge in [-0.25, -0.2) is 4.39 Å². The van der Waals surface area contributed by atoms with Gasteiger partial charge in [-0.05, 0) is 43.0 Å². The Hall–Kier alpha value is -1.72. The number of benzene rings is 1. The molecule has 3 rings (SSSR count). The zero-order valence-electron chi connectivity index (χ0n) is 11.6. The first-order chi connectivity index (χ1) is 10.2. The van der Waals surface area contributed by atoms with E-state index >= 15 is 0 Å². The Bertz CT molecular complexity index is 632. The van der Waals surface area contributed by atoms with Gasteiger partial charge in [0, 0.05) is 16.3 Å². The minimum absolute atomic E-state index is 0.177. The monoisotopic (exact) mass is 304 g/mol. The van der Waals surface area contributed by atoms with E-state index in [-0.39, 0.29) is 18.1 Å². The van der Waals surface area contributed by atoms with Crippen LogP contribution in [-0.2, 0) is 24.2 Å². The zero-order valence-corrected chi connectivity index (χ0v) is 12.4. The van der Waals surface area contributed by atoms with E-state index in [0.29, 0.717) is 6.54 Å². The van der Waals surface area contributed by atoms with Crippen LogP contribution < -0.4 is 10.6 Å². The van der Waals surface area contributed by atoms with Crippen LogP contribution in [0.25, 0.3) is 0 Å². The molecule has 1 amide bonds. The molecule has 1 heterocycles. The van der Waals surface area contributed by atoms with E-state index in [1.807, 2.05) is 11.3 Å². The Morgan fingerprint density at radius 1 is 1.29 bits per heavy atom. The Labute approximate surface area is 127 Å². The summed E-state index contributed by atoms with van der Waals surface area (Å²) in [6.45, 7) is 0.860. The zero-order chi connectivity index (χ0) is 14.7. The highest BCUT2D eigenvalue weighted by Gasteiger charge is 2.14. The van der Waals surface area contributed by atoms with Gasteiger partial charge in [-0.1, -0.05) is 12.1 Å². The highest BCUT2D eigenvalue weighted by atomic mass is 32.1. The largest absolute Gasteiger partial charge is 0.322 e. The van der Waals surface area contributed by atoms with E-state index in [1.165, 1.54) is 40.6 Å². The molecule has 3 nitrogen and oxygen atoms in total. The molecule has 0 spiro atoms. The first kappa shape index (κ1) is 14.2. The van der Waals surface area contributed by atoms with Crippen molar-refractivity contribution in [1.29, 1.82) is 0 Å². The van der Waals surface area contributed by atoms with Crippen LogP contribution >= 0.6 is 11.3 Å². The van der Waals surface area contributed by atoms with Crippen molar-refractivity contribution in [2.45, 2.75) is 25.8 Å². The minimum Gasteiger partial charge on any atom is -0.322 e. The number of thiophene rings is 1. The first-order valence-corrected chi connectivity index (χ1v) is 7.89. The number of nitrogens with one attached hydrogen (secondary N) is 2. The number of rotatable bonds is 5. The van der Waals surface area contributed by atoms with Crippen molar-refractivity contribution in [3.8, 4) is 0 Å². The van der Waals surface area contributed by atoms with Crippen LogP contribution in [0.2, 0.25) is 0 Å². The van der Waals surface area contributed by atoms with Gasteiger partial charge in [-0.15, -0.1) is 11.3 Å². The second-order valence-corrected chi connectivity index (χ2v) is 6.37. The van der Waals surface area contributed by atoms with E-state index in [2.05, 4.69) is 16.7 Å². The smallest absolute Gasteiger partial charge is 0.238 e. The summed E-state index contributed by atoms with van der Waals surface area (Å²) in [5, 5.41) is 5.67. The molecule has 2 N–H and O–H groups in total. The van der Waals surface area contributed by atoms with Crippen molar-refractivity contribution in [2.24, 2.45) is 0 Å². The third kappa shape index (κ3) is 3.49. The summed E-state index contributed by atoms with van der Waals surface area (Å²) in [4.78, 5) is 14.5. The molecule has 0 saturated carbocycles. The first-order valence-electron chi connectivity index (χ1n) is 7.08. The van der Waals surface area contributed by atoms with E-state index in [4.69, 9.17) is 0 Å². The van der Waals surface area contributed by atoms with Crippen LogP contribution in [0.1, 0.15) is 21.7 Å². The van der Waals surface area contributed by atoms with Crippen LogP contribution in [0.4, 0.5) is 10.1 Å². The highest BCUT2D eigenvalue weighted by molar-refractivity contribution is 7.12. The maximum atomic E-state index is 13.4. The normalized spacial score (nSPS) is 13.2. The Balaban J connectivity index is 1.46. The van der Waals surface area contributed by atoms with Gasteiger partial charge in [0.05, 0.1) is 12.2 Å². The lowest BCUT2D eigenvalue weighted by Crippen LogP contribution is -2.27. The molecule has 0 radical (unpaired) electrons. The summed E-state index contributed by atoms with van der Waals surface area (Å²) in [6, 6.07) is 8.40. The number of aryl methyl sites for hydroxylation is 2. The molecule has 2 aromatic rings. The topological polar surface area (TPSA) is 41.1 Å². The molecule has 0 fully saturated rings. The molecule has 1 aliphatic carbocycles. The quantitative estimate of drug-likeness (QED) is 0.891. The molecule has 0 aliphatic heterocycles. The van der Waals surface area contributed by atoms with Crippen LogP contribution in [-0.4, -0.2) is 12.5 Å². The van der Waals surface area contributed by atoms with Crippen LogP contribution in [0.3, 0.4) is 0 Å². The summed E-state index contributed by atoms with van der Waals surface area (Å²) >= 11 is 1.83. The van der Waals surface area contributed by atoms with E-state index in [1.54, 1.807) is 18.2 Å². The van der Waals surface area contributed by atoms with Gasteiger partial charge in [0.15, 0.2) is 0 Å². The minimum atomic E-state index is -0.416. The molecule has 0 saturated heterocycles. The lowest BCUT2D eigenvalue weighted by atomic mass is 10.2. The second-order valence-electron chi connectivity index (χ2n) is 5.15. The number of fused-ring (bicyclic) bond motifs is 1. The SMILES string of the molecule is O=C(CNCc1cc2c(s1)CCC2)Nc1ccccc1F. The van der Waals surface area contributed by atoms with Crippen LogP contribution in [0, 0.1) is 5.82 Å². The third-order valence-corrected chi connectivity index (χ3v) is 4.77. The summed E-state index contributed by atoms with van der Waals surface area (Å²) in [7, 11) is 0. The number of anilines is 1. The number of carbonyl (C=O) groups is 1. The van der Waals surface area contributed by atoms with Gasteiger partial charge >= 0.3 is 0 Å².